The topological polar surface area (TPSA) is 107 Å². The summed E-state index contributed by atoms with van der Waals surface area (Å²) in [5.74, 6) is -0.400. The minimum atomic E-state index is -4.85. The molecule has 5 N–H and O–H groups in total. The van der Waals surface area contributed by atoms with Gasteiger partial charge in [0.2, 0.25) is 0 Å². The molecule has 0 aliphatic carbocycles. The number of carbonyl (C=O) groups excluding carboxylic acids is 1. The summed E-state index contributed by atoms with van der Waals surface area (Å²) in [5, 5.41) is 16.4. The van der Waals surface area contributed by atoms with E-state index in [0.717, 1.165) is 17.7 Å². The van der Waals surface area contributed by atoms with Crippen molar-refractivity contribution in [3.63, 3.8) is 0 Å². The van der Waals surface area contributed by atoms with E-state index < -0.39 is 24.4 Å². The summed E-state index contributed by atoms with van der Waals surface area (Å²) < 4.78 is 53.1. The fourth-order valence-electron chi connectivity index (χ4n) is 3.37. The van der Waals surface area contributed by atoms with E-state index in [0.29, 0.717) is 10.8 Å². The summed E-state index contributed by atoms with van der Waals surface area (Å²) in [6.07, 6.45) is -5.79. The zero-order valence-electron chi connectivity index (χ0n) is 19.3. The number of alkyl halides is 3. The molecule has 0 fully saturated rings. The highest BCUT2D eigenvalue weighted by Gasteiger charge is 2.37. The van der Waals surface area contributed by atoms with Crippen LogP contribution in [0.4, 0.5) is 13.2 Å². The molecule has 3 rings (SSSR count). The molecule has 0 saturated heterocycles. The molecule has 0 spiro atoms. The van der Waals surface area contributed by atoms with Crippen LogP contribution in [0.25, 0.3) is 0 Å². The third-order valence-corrected chi connectivity index (χ3v) is 5.12. The van der Waals surface area contributed by atoms with Gasteiger partial charge in [-0.3, -0.25) is 4.79 Å². The molecule has 0 bridgehead atoms. The molecular weight excluding hydrogens is 505 g/mol. The second-order valence-electron chi connectivity index (χ2n) is 7.48. The van der Waals surface area contributed by atoms with Gasteiger partial charge in [-0.1, -0.05) is 29.8 Å². The van der Waals surface area contributed by atoms with Gasteiger partial charge in [0.15, 0.2) is 6.61 Å². The number of rotatable bonds is 12. The Balaban J connectivity index is 1.82. The normalized spacial score (nSPS) is 15.5. The number of benzene rings is 2. The average Bonchev–Trinajstić information content (AvgIpc) is 3.16. The van der Waals surface area contributed by atoms with E-state index in [4.69, 9.17) is 26.2 Å². The van der Waals surface area contributed by atoms with Crippen LogP contribution >= 0.6 is 11.6 Å². The average molecular weight is 532 g/mol. The van der Waals surface area contributed by atoms with E-state index in [2.05, 4.69) is 20.7 Å². The summed E-state index contributed by atoms with van der Waals surface area (Å²) in [7, 11) is 1.62. The van der Waals surface area contributed by atoms with Crippen LogP contribution in [0.5, 0.6) is 11.5 Å². The molecule has 0 radical (unpaired) electrons. The molecule has 0 saturated carbocycles. The van der Waals surface area contributed by atoms with Gasteiger partial charge in [-0.25, -0.2) is 0 Å². The Hall–Kier alpha value is -3.35. The van der Waals surface area contributed by atoms with Gasteiger partial charge in [-0.05, 0) is 29.8 Å². The van der Waals surface area contributed by atoms with E-state index in [9.17, 15) is 18.0 Å². The molecule has 1 atom stereocenters. The number of hydrogen-bond donors (Lipinski definition) is 3. The van der Waals surface area contributed by atoms with Crippen LogP contribution in [0.15, 0.2) is 60.0 Å². The first-order valence-electron chi connectivity index (χ1n) is 10.9. The number of amides is 1. The lowest BCUT2D eigenvalue weighted by atomic mass is 10.2. The zero-order chi connectivity index (χ0) is 26.1. The molecule has 1 amide bonds. The van der Waals surface area contributed by atoms with E-state index in [1.54, 1.807) is 36.2 Å². The first kappa shape index (κ1) is 27.2. The minimum Gasteiger partial charge on any atom is -0.452 e. The van der Waals surface area contributed by atoms with Crippen molar-refractivity contribution in [1.82, 2.24) is 20.9 Å². The molecule has 1 heterocycles. The van der Waals surface area contributed by atoms with Crippen molar-refractivity contribution in [3.05, 3.63) is 70.6 Å². The standard InChI is InChI=1S/C23H26ClF3N4O5/c1-28-20-19(21(33)29-9-11-34-12-10-32)31(14-15-5-7-16(24)8-6-15)22(30-20)35-17-3-2-4-18(13-17)36-23(25,26)27/h2-8,13,22,28,30,32H,9-12,14H2,1H3,(H,29,33)/p+1. The molecule has 1 aliphatic heterocycles. The van der Waals surface area contributed by atoms with Crippen molar-refractivity contribution < 1.29 is 37.3 Å². The number of carbonyl (C=O) groups is 1. The van der Waals surface area contributed by atoms with Crippen molar-refractivity contribution in [3.8, 4) is 11.5 Å². The minimum absolute atomic E-state index is 0.0938. The Kier molecular flexibility index (Phi) is 9.51. The van der Waals surface area contributed by atoms with Gasteiger partial charge in [0.05, 0.1) is 6.61 Å². The summed E-state index contributed by atoms with van der Waals surface area (Å²) >= 11 is 5.99. The third kappa shape index (κ3) is 7.83. The molecular formula is C23H27ClF3N4O5+. The molecule has 1 unspecified atom stereocenters. The van der Waals surface area contributed by atoms with E-state index in [1.807, 2.05) is 0 Å². The van der Waals surface area contributed by atoms with Crippen LogP contribution in [0.1, 0.15) is 5.56 Å². The van der Waals surface area contributed by atoms with Crippen molar-refractivity contribution in [2.75, 3.05) is 33.4 Å². The van der Waals surface area contributed by atoms with Crippen molar-refractivity contribution in [2.24, 2.45) is 0 Å². The van der Waals surface area contributed by atoms with Crippen LogP contribution in [-0.2, 0) is 16.1 Å². The van der Waals surface area contributed by atoms with Crippen molar-refractivity contribution >= 4 is 17.5 Å². The third-order valence-electron chi connectivity index (χ3n) is 4.87. The first-order valence-corrected chi connectivity index (χ1v) is 11.3. The maximum Gasteiger partial charge on any atom is 0.573 e. The van der Waals surface area contributed by atoms with E-state index >= 15 is 0 Å². The molecule has 2 aromatic carbocycles. The van der Waals surface area contributed by atoms with Gasteiger partial charge in [0.25, 0.3) is 12.3 Å². The summed E-state index contributed by atoms with van der Waals surface area (Å²) in [6.45, 7) is 1.06. The molecule has 196 valence electrons. The number of ether oxygens (including phenoxy) is 3. The van der Waals surface area contributed by atoms with Crippen LogP contribution in [-0.4, -0.2) is 62.0 Å². The summed E-state index contributed by atoms with van der Waals surface area (Å²) in [5.41, 5.74) is 1.05. The highest BCUT2D eigenvalue weighted by molar-refractivity contribution is 6.30. The second-order valence-corrected chi connectivity index (χ2v) is 7.92. The van der Waals surface area contributed by atoms with Crippen LogP contribution in [0.3, 0.4) is 0 Å². The Morgan fingerprint density at radius 2 is 1.89 bits per heavy atom. The van der Waals surface area contributed by atoms with Gasteiger partial charge in [-0.2, -0.15) is 0 Å². The Labute approximate surface area is 210 Å². The fourth-order valence-corrected chi connectivity index (χ4v) is 3.50. The maximum absolute atomic E-state index is 13.1. The smallest absolute Gasteiger partial charge is 0.452 e. The predicted octanol–water partition coefficient (Wildman–Crippen LogP) is 2.25. The predicted molar refractivity (Wildman–Crippen MR) is 126 cm³/mol. The van der Waals surface area contributed by atoms with Gasteiger partial charge < -0.3 is 40.2 Å². The van der Waals surface area contributed by atoms with Crippen molar-refractivity contribution in [2.45, 2.75) is 19.3 Å². The van der Waals surface area contributed by atoms with E-state index in [-0.39, 0.29) is 44.4 Å². The molecule has 13 heteroatoms. The first-order chi connectivity index (χ1) is 17.2. The summed E-state index contributed by atoms with van der Waals surface area (Å²) in [4.78, 5) is 14.7. The number of halogens is 4. The quantitative estimate of drug-likeness (QED) is 0.285. The SMILES string of the molecule is CNC1=C(C(=O)NCCOCC[OH2+])N(Cc2ccc(Cl)cc2)C(Oc2cccc(OC(F)(F)F)c2)N1. The lowest BCUT2D eigenvalue weighted by Crippen LogP contribution is -2.44. The zero-order valence-corrected chi connectivity index (χ0v) is 20.1. The van der Waals surface area contributed by atoms with Gasteiger partial charge in [0.1, 0.15) is 29.6 Å². The largest absolute Gasteiger partial charge is 0.573 e. The molecule has 1 aliphatic rings. The molecule has 9 nitrogen and oxygen atoms in total. The summed E-state index contributed by atoms with van der Waals surface area (Å²) in [6, 6.07) is 12.1. The number of hydrogen-bond acceptors (Lipinski definition) is 7. The highest BCUT2D eigenvalue weighted by atomic mass is 35.5. The Bertz CT molecular complexity index is 1050. The lowest BCUT2D eigenvalue weighted by molar-refractivity contribution is -0.274. The Morgan fingerprint density at radius 3 is 2.56 bits per heavy atom. The lowest BCUT2D eigenvalue weighted by Gasteiger charge is -2.28. The molecule has 36 heavy (non-hydrogen) atoms. The molecule has 0 aromatic heterocycles. The maximum atomic E-state index is 13.1. The van der Waals surface area contributed by atoms with Crippen molar-refractivity contribution in [1.29, 1.82) is 0 Å². The van der Waals surface area contributed by atoms with E-state index in [1.165, 1.54) is 12.1 Å². The van der Waals surface area contributed by atoms with Crippen LogP contribution in [0, 0.1) is 0 Å². The monoisotopic (exact) mass is 531 g/mol. The van der Waals surface area contributed by atoms with Gasteiger partial charge in [0, 0.05) is 31.2 Å². The Morgan fingerprint density at radius 1 is 1.17 bits per heavy atom. The van der Waals surface area contributed by atoms with Gasteiger partial charge >= 0.3 is 6.36 Å². The molecule has 2 aromatic rings. The highest BCUT2D eigenvalue weighted by Crippen LogP contribution is 2.29. The number of nitrogens with one attached hydrogen (secondary N) is 3. The van der Waals surface area contributed by atoms with Crippen LogP contribution in [0.2, 0.25) is 5.02 Å². The number of nitrogens with zero attached hydrogens (tertiary/aromatic N) is 1. The fraction of sp³-hybridized carbons (Fsp3) is 0.348. The second kappa shape index (κ2) is 12.6. The van der Waals surface area contributed by atoms with Crippen LogP contribution < -0.4 is 25.4 Å². The van der Waals surface area contributed by atoms with Gasteiger partial charge in [-0.15, -0.1) is 13.2 Å².